The maximum atomic E-state index is 11.7. The van der Waals surface area contributed by atoms with Crippen LogP contribution in [0, 0.1) is 0 Å². The molecule has 0 bridgehead atoms. The average Bonchev–Trinajstić information content (AvgIpc) is 2.99. The Morgan fingerprint density at radius 1 is 0.477 bits per heavy atom. The molecule has 4 N–H and O–H groups in total. The zero-order valence-corrected chi connectivity index (χ0v) is 29.2. The van der Waals surface area contributed by atoms with E-state index in [-0.39, 0.29) is 24.9 Å². The molecule has 0 radical (unpaired) electrons. The summed E-state index contributed by atoms with van der Waals surface area (Å²) in [5.41, 5.74) is 0. The third-order valence-electron chi connectivity index (χ3n) is 8.32. The number of nitrogens with one attached hydrogen (secondary N) is 1. The van der Waals surface area contributed by atoms with E-state index >= 15 is 0 Å². The minimum Gasteiger partial charge on any atom is -0.481 e. The lowest BCUT2D eigenvalue weighted by Gasteiger charge is -2.13. The van der Waals surface area contributed by atoms with Gasteiger partial charge < -0.3 is 20.6 Å². The normalized spacial score (nSPS) is 12.3. The van der Waals surface area contributed by atoms with Crippen LogP contribution in [0.25, 0.3) is 0 Å². The zero-order valence-electron chi connectivity index (χ0n) is 29.2. The van der Waals surface area contributed by atoms with E-state index in [1.54, 1.807) is 0 Å². The molecule has 0 aromatic heterocycles. The summed E-state index contributed by atoms with van der Waals surface area (Å²) in [5, 5.41) is 29.9. The Balaban J connectivity index is 0. The van der Waals surface area contributed by atoms with Crippen molar-refractivity contribution in [1.82, 2.24) is 5.32 Å². The fourth-order valence-corrected chi connectivity index (χ4v) is 5.38. The van der Waals surface area contributed by atoms with Gasteiger partial charge in [-0.15, -0.1) is 0 Å². The molecule has 2 atom stereocenters. The molecular formula is C37H73NO6. The molecule has 7 heteroatoms. The van der Waals surface area contributed by atoms with E-state index in [1.165, 1.54) is 135 Å². The van der Waals surface area contributed by atoms with Crippen LogP contribution in [-0.4, -0.2) is 45.3 Å². The van der Waals surface area contributed by atoms with Crippen LogP contribution in [0.5, 0.6) is 0 Å². The quantitative estimate of drug-likeness (QED) is 0.0550. The number of hydrogen-bond donors (Lipinski definition) is 4. The molecule has 1 unspecified atom stereocenters. The predicted octanol–water partition coefficient (Wildman–Crippen LogP) is 10.4. The molecule has 0 aliphatic rings. The van der Waals surface area contributed by atoms with Crippen molar-refractivity contribution in [3.05, 3.63) is 0 Å². The first-order valence-electron chi connectivity index (χ1n) is 18.7. The molecule has 0 aromatic carbocycles. The number of aliphatic carboxylic acids is 2. The average molecular weight is 628 g/mol. The molecular weight excluding hydrogens is 554 g/mol. The number of aliphatic hydroxyl groups excluding tert-OH is 1. The van der Waals surface area contributed by atoms with Crippen molar-refractivity contribution in [2.75, 3.05) is 0 Å². The number of rotatable bonds is 32. The second kappa shape index (κ2) is 35.8. The van der Waals surface area contributed by atoms with E-state index in [2.05, 4.69) is 26.1 Å². The van der Waals surface area contributed by atoms with Crippen LogP contribution in [0.4, 0.5) is 0 Å². The minimum absolute atomic E-state index is 0.0271. The molecule has 44 heavy (non-hydrogen) atoms. The molecule has 7 nitrogen and oxygen atoms in total. The van der Waals surface area contributed by atoms with Gasteiger partial charge in [-0.3, -0.25) is 9.59 Å². The van der Waals surface area contributed by atoms with Gasteiger partial charge >= 0.3 is 11.9 Å². The summed E-state index contributed by atoms with van der Waals surface area (Å²) in [6, 6.07) is -1.11. The lowest BCUT2D eigenvalue weighted by Crippen LogP contribution is -2.41. The topological polar surface area (TPSA) is 124 Å². The fraction of sp³-hybridized carbons (Fsp3) is 0.919. The third-order valence-corrected chi connectivity index (χ3v) is 8.32. The number of carboxylic acids is 2. The number of aliphatic hydroxyl groups is 1. The predicted molar refractivity (Wildman–Crippen MR) is 184 cm³/mol. The summed E-state index contributed by atoms with van der Waals surface area (Å²) in [6.45, 7) is 6.73. The van der Waals surface area contributed by atoms with E-state index < -0.39 is 18.0 Å². The van der Waals surface area contributed by atoms with Gasteiger partial charge in [0.2, 0.25) is 5.91 Å². The second-order valence-electron chi connectivity index (χ2n) is 12.8. The molecule has 0 heterocycles. The number of carboxylic acid groups (broad SMARTS) is 2. The van der Waals surface area contributed by atoms with Crippen LogP contribution in [-0.2, 0) is 14.4 Å². The molecule has 0 rings (SSSR count). The van der Waals surface area contributed by atoms with Gasteiger partial charge in [-0.25, -0.2) is 4.79 Å². The van der Waals surface area contributed by atoms with Crippen LogP contribution < -0.4 is 5.32 Å². The second-order valence-corrected chi connectivity index (χ2v) is 12.8. The molecule has 0 aliphatic heterocycles. The van der Waals surface area contributed by atoms with Gasteiger partial charge in [-0.2, -0.15) is 0 Å². The summed E-state index contributed by atoms with van der Waals surface area (Å²) in [5.74, 6) is -2.57. The van der Waals surface area contributed by atoms with Crippen LogP contribution in [0.1, 0.15) is 207 Å². The number of carbonyl (C=O) groups is 3. The molecule has 0 aliphatic carbocycles. The first-order valence-corrected chi connectivity index (χ1v) is 18.7. The summed E-state index contributed by atoms with van der Waals surface area (Å²) in [4.78, 5) is 33.1. The highest BCUT2D eigenvalue weighted by Crippen LogP contribution is 2.15. The lowest BCUT2D eigenvalue weighted by atomic mass is 10.0. The largest absolute Gasteiger partial charge is 0.481 e. The first-order chi connectivity index (χ1) is 21.3. The molecule has 0 spiro atoms. The van der Waals surface area contributed by atoms with Crippen LogP contribution in [0.2, 0.25) is 0 Å². The van der Waals surface area contributed by atoms with E-state index in [0.717, 1.165) is 32.1 Å². The van der Waals surface area contributed by atoms with Crippen molar-refractivity contribution < 1.29 is 29.7 Å². The third kappa shape index (κ3) is 36.6. The van der Waals surface area contributed by atoms with Gasteiger partial charge in [0.1, 0.15) is 6.04 Å². The maximum absolute atomic E-state index is 11.7. The van der Waals surface area contributed by atoms with Gasteiger partial charge in [0, 0.05) is 12.8 Å². The van der Waals surface area contributed by atoms with Crippen LogP contribution in [0.3, 0.4) is 0 Å². The molecule has 0 saturated heterocycles. The highest BCUT2D eigenvalue weighted by molar-refractivity contribution is 5.83. The Labute approximate surface area is 271 Å². The van der Waals surface area contributed by atoms with E-state index in [0.29, 0.717) is 6.42 Å². The van der Waals surface area contributed by atoms with Gasteiger partial charge in [0.25, 0.3) is 0 Å². The van der Waals surface area contributed by atoms with Gasteiger partial charge in [0.05, 0.1) is 6.10 Å². The number of unbranched alkanes of at least 4 members (excludes halogenated alkanes) is 21. The van der Waals surface area contributed by atoms with Gasteiger partial charge in [-0.05, 0) is 25.7 Å². The highest BCUT2D eigenvalue weighted by atomic mass is 16.4. The number of hydrogen-bond acceptors (Lipinski definition) is 4. The highest BCUT2D eigenvalue weighted by Gasteiger charge is 2.20. The minimum atomic E-state index is -1.19. The number of amides is 1. The Hall–Kier alpha value is -1.63. The van der Waals surface area contributed by atoms with Crippen molar-refractivity contribution in [2.45, 2.75) is 219 Å². The van der Waals surface area contributed by atoms with Crippen molar-refractivity contribution in [3.8, 4) is 0 Å². The Kier molecular flexibility index (Phi) is 36.2. The van der Waals surface area contributed by atoms with Crippen molar-refractivity contribution in [2.24, 2.45) is 0 Å². The number of carbonyl (C=O) groups excluding carboxylic acids is 1. The molecule has 0 fully saturated rings. The smallest absolute Gasteiger partial charge is 0.326 e. The van der Waals surface area contributed by atoms with Crippen molar-refractivity contribution in [3.63, 3.8) is 0 Å². The Bertz CT molecular complexity index is 641. The van der Waals surface area contributed by atoms with Crippen molar-refractivity contribution >= 4 is 17.8 Å². The maximum Gasteiger partial charge on any atom is 0.326 e. The zero-order chi connectivity index (χ0) is 33.1. The van der Waals surface area contributed by atoms with E-state index in [4.69, 9.17) is 10.2 Å². The molecule has 262 valence electrons. The Morgan fingerprint density at radius 3 is 1.16 bits per heavy atom. The van der Waals surface area contributed by atoms with E-state index in [1.807, 2.05) is 0 Å². The van der Waals surface area contributed by atoms with E-state index in [9.17, 15) is 19.5 Å². The van der Waals surface area contributed by atoms with Gasteiger partial charge in [0.15, 0.2) is 0 Å². The van der Waals surface area contributed by atoms with Crippen molar-refractivity contribution in [1.29, 1.82) is 0 Å². The lowest BCUT2D eigenvalue weighted by molar-refractivity contribution is -0.143. The molecule has 0 saturated carbocycles. The summed E-state index contributed by atoms with van der Waals surface area (Å²) < 4.78 is 0. The van der Waals surface area contributed by atoms with Crippen LogP contribution in [0.15, 0.2) is 0 Å². The SMILES string of the molecule is CCCCCCCCCCCC(=O)N[C@@H](CCC(=O)O)C(=O)O.CCCCCCCCCCCC(O)CCCCCCCC. The monoisotopic (exact) mass is 628 g/mol. The first kappa shape index (κ1) is 44.5. The fourth-order valence-electron chi connectivity index (χ4n) is 5.38. The Morgan fingerprint density at radius 2 is 0.818 bits per heavy atom. The standard InChI is InChI=1S/C20H42O.C17H31NO5/c1-3-5-7-9-11-12-13-15-17-19-20(21)18-16-14-10-8-6-4-2;1-2-3-4-5-6-7-8-9-10-11-15(19)18-14(17(22)23)12-13-16(20)21/h20-21H,3-19H2,1-2H3;14H,2-13H2,1H3,(H,18,19)(H,20,21)(H,22,23)/t;14-/m.0/s1. The van der Waals surface area contributed by atoms with Gasteiger partial charge in [-0.1, -0.05) is 168 Å². The summed E-state index contributed by atoms with van der Waals surface area (Å²) in [6.07, 6.45) is 32.6. The molecule has 1 amide bonds. The van der Waals surface area contributed by atoms with Crippen LogP contribution >= 0.6 is 0 Å². The molecule has 0 aromatic rings. The summed E-state index contributed by atoms with van der Waals surface area (Å²) >= 11 is 0. The summed E-state index contributed by atoms with van der Waals surface area (Å²) in [7, 11) is 0.